The fourth-order valence-electron chi connectivity index (χ4n) is 3.85. The van der Waals surface area contributed by atoms with Crippen molar-refractivity contribution >= 4 is 17.8 Å². The average Bonchev–Trinajstić information content (AvgIpc) is 3.07. The van der Waals surface area contributed by atoms with Gasteiger partial charge in [-0.25, -0.2) is 9.78 Å². The molecule has 7 heteroatoms. The molecule has 1 unspecified atom stereocenters. The zero-order chi connectivity index (χ0) is 22.8. The van der Waals surface area contributed by atoms with Crippen molar-refractivity contribution < 1.29 is 14.3 Å². The van der Waals surface area contributed by atoms with Crippen LogP contribution in [0.2, 0.25) is 0 Å². The van der Waals surface area contributed by atoms with Crippen molar-refractivity contribution in [3.05, 3.63) is 59.8 Å². The molecule has 0 saturated carbocycles. The number of benzene rings is 1. The van der Waals surface area contributed by atoms with Crippen molar-refractivity contribution in [3.63, 3.8) is 0 Å². The molecule has 3 rings (SSSR count). The Morgan fingerprint density at radius 3 is 2.47 bits per heavy atom. The molecule has 0 bridgehead atoms. The number of carbonyl (C=O) groups excluding carboxylic acids is 2. The van der Waals surface area contributed by atoms with Crippen LogP contribution in [-0.4, -0.2) is 36.2 Å². The largest absolute Gasteiger partial charge is 0.463 e. The highest BCUT2D eigenvalue weighted by atomic mass is 16.5. The van der Waals surface area contributed by atoms with E-state index in [4.69, 9.17) is 4.74 Å². The quantitative estimate of drug-likeness (QED) is 0.599. The Balaban J connectivity index is 1.59. The molecule has 1 saturated heterocycles. The molecule has 7 nitrogen and oxygen atoms in total. The Morgan fingerprint density at radius 2 is 1.78 bits per heavy atom. The van der Waals surface area contributed by atoms with Gasteiger partial charge in [0.25, 0.3) is 0 Å². The number of rotatable bonds is 8. The lowest BCUT2D eigenvalue weighted by molar-refractivity contribution is -0.147. The van der Waals surface area contributed by atoms with Crippen molar-refractivity contribution in [2.75, 3.05) is 18.0 Å². The molecule has 2 heterocycles. The number of hydrogen-bond acceptors (Lipinski definition) is 5. The van der Waals surface area contributed by atoms with Crippen molar-refractivity contribution in [3.8, 4) is 0 Å². The molecule has 2 N–H and O–H groups in total. The first kappa shape index (κ1) is 23.6. The molecule has 32 heavy (non-hydrogen) atoms. The third kappa shape index (κ3) is 7.55. The maximum Gasteiger partial charge on any atom is 0.315 e. The second-order valence-electron chi connectivity index (χ2n) is 8.46. The van der Waals surface area contributed by atoms with Crippen molar-refractivity contribution in [2.45, 2.75) is 64.6 Å². The lowest BCUT2D eigenvalue weighted by Gasteiger charge is -2.22. The van der Waals surface area contributed by atoms with Crippen LogP contribution in [0.25, 0.3) is 0 Å². The Hall–Kier alpha value is -3.09. The summed E-state index contributed by atoms with van der Waals surface area (Å²) in [5.74, 6) is 0.621. The molecule has 1 aliphatic heterocycles. The number of nitrogens with one attached hydrogen (secondary N) is 2. The predicted molar refractivity (Wildman–Crippen MR) is 125 cm³/mol. The van der Waals surface area contributed by atoms with E-state index in [0.29, 0.717) is 6.54 Å². The number of esters is 1. The number of carbonyl (C=O) groups is 2. The third-order valence-electron chi connectivity index (χ3n) is 5.44. The second kappa shape index (κ2) is 12.1. The third-order valence-corrected chi connectivity index (χ3v) is 5.44. The number of ether oxygens (including phenoxy) is 1. The Labute approximate surface area is 190 Å². The zero-order valence-electron chi connectivity index (χ0n) is 19.0. The van der Waals surface area contributed by atoms with Crippen LogP contribution in [0.4, 0.5) is 10.6 Å². The topological polar surface area (TPSA) is 83.6 Å². The molecule has 1 aromatic carbocycles. The van der Waals surface area contributed by atoms with Crippen LogP contribution >= 0.6 is 0 Å². The standard InChI is InChI=1S/C25H34N4O3/c1-19(2)32-24(30)17-22(21-10-6-5-7-11-21)28-25(31)27-18-20-12-13-26-23(16-20)29-14-8-3-4-9-15-29/h5-7,10-13,16,19,22H,3-4,8-9,14-15,17-18H2,1-2H3,(H2,27,28,31). The predicted octanol–water partition coefficient (Wildman–Crippen LogP) is 4.34. The summed E-state index contributed by atoms with van der Waals surface area (Å²) in [6.07, 6.45) is 6.58. The van der Waals surface area contributed by atoms with Gasteiger partial charge in [-0.2, -0.15) is 0 Å². The normalized spacial score (nSPS) is 15.0. The van der Waals surface area contributed by atoms with E-state index in [1.54, 1.807) is 6.20 Å². The first-order valence-corrected chi connectivity index (χ1v) is 11.5. The number of anilines is 1. The monoisotopic (exact) mass is 438 g/mol. The van der Waals surface area contributed by atoms with E-state index < -0.39 is 6.04 Å². The number of aromatic nitrogens is 1. The average molecular weight is 439 g/mol. The summed E-state index contributed by atoms with van der Waals surface area (Å²) in [6.45, 7) is 6.05. The summed E-state index contributed by atoms with van der Waals surface area (Å²) in [5, 5.41) is 5.82. The van der Waals surface area contributed by atoms with E-state index in [1.165, 1.54) is 25.7 Å². The van der Waals surface area contributed by atoms with Gasteiger partial charge in [-0.1, -0.05) is 43.2 Å². The van der Waals surface area contributed by atoms with Crippen LogP contribution in [0, 0.1) is 0 Å². The summed E-state index contributed by atoms with van der Waals surface area (Å²) in [5.41, 5.74) is 1.85. The van der Waals surface area contributed by atoms with Crippen LogP contribution < -0.4 is 15.5 Å². The molecule has 0 radical (unpaired) electrons. The minimum absolute atomic E-state index is 0.0734. The fraction of sp³-hybridized carbons (Fsp3) is 0.480. The van der Waals surface area contributed by atoms with Gasteiger partial charge in [-0.05, 0) is 49.9 Å². The minimum atomic E-state index is -0.465. The molecule has 1 aromatic heterocycles. The molecular weight excluding hydrogens is 404 g/mol. The minimum Gasteiger partial charge on any atom is -0.463 e. The molecule has 0 aliphatic carbocycles. The summed E-state index contributed by atoms with van der Waals surface area (Å²) in [6, 6.07) is 12.6. The Morgan fingerprint density at radius 1 is 1.06 bits per heavy atom. The summed E-state index contributed by atoms with van der Waals surface area (Å²) in [7, 11) is 0. The maximum absolute atomic E-state index is 12.6. The molecule has 1 atom stereocenters. The van der Waals surface area contributed by atoms with Gasteiger partial charge in [0, 0.05) is 25.8 Å². The zero-order valence-corrected chi connectivity index (χ0v) is 19.0. The molecule has 1 fully saturated rings. The summed E-state index contributed by atoms with van der Waals surface area (Å²) >= 11 is 0. The number of pyridine rings is 1. The van der Waals surface area contributed by atoms with Crippen LogP contribution in [-0.2, 0) is 16.1 Å². The smallest absolute Gasteiger partial charge is 0.315 e. The van der Waals surface area contributed by atoms with Gasteiger partial charge < -0.3 is 20.3 Å². The Bertz CT molecular complexity index is 865. The summed E-state index contributed by atoms with van der Waals surface area (Å²) in [4.78, 5) is 31.7. The SMILES string of the molecule is CC(C)OC(=O)CC(NC(=O)NCc1ccnc(N2CCCCCC2)c1)c1ccccc1. The first-order chi connectivity index (χ1) is 15.5. The molecule has 172 valence electrons. The lowest BCUT2D eigenvalue weighted by Crippen LogP contribution is -2.38. The fourth-order valence-corrected chi connectivity index (χ4v) is 3.85. The van der Waals surface area contributed by atoms with E-state index in [1.807, 2.05) is 56.3 Å². The lowest BCUT2D eigenvalue weighted by atomic mass is 10.0. The van der Waals surface area contributed by atoms with Crippen LogP contribution in [0.15, 0.2) is 48.7 Å². The van der Waals surface area contributed by atoms with E-state index in [2.05, 4.69) is 20.5 Å². The van der Waals surface area contributed by atoms with Crippen molar-refractivity contribution in [2.24, 2.45) is 0 Å². The van der Waals surface area contributed by atoms with Gasteiger partial charge in [-0.3, -0.25) is 4.79 Å². The summed E-state index contributed by atoms with van der Waals surface area (Å²) < 4.78 is 5.27. The Kier molecular flexibility index (Phi) is 8.90. The van der Waals surface area contributed by atoms with Crippen LogP contribution in [0.5, 0.6) is 0 Å². The van der Waals surface area contributed by atoms with Gasteiger partial charge in [-0.15, -0.1) is 0 Å². The van der Waals surface area contributed by atoms with E-state index >= 15 is 0 Å². The number of amides is 2. The van der Waals surface area contributed by atoms with Gasteiger partial charge in [0.15, 0.2) is 0 Å². The molecule has 2 amide bonds. The molecule has 2 aromatic rings. The van der Waals surface area contributed by atoms with Crippen molar-refractivity contribution in [1.29, 1.82) is 0 Å². The number of urea groups is 1. The highest BCUT2D eigenvalue weighted by Gasteiger charge is 2.20. The molecule has 0 spiro atoms. The molecule has 1 aliphatic rings. The second-order valence-corrected chi connectivity index (χ2v) is 8.46. The van der Waals surface area contributed by atoms with E-state index in [0.717, 1.165) is 30.0 Å². The highest BCUT2D eigenvalue weighted by Crippen LogP contribution is 2.19. The molecular formula is C25H34N4O3. The van der Waals surface area contributed by atoms with Crippen LogP contribution in [0.3, 0.4) is 0 Å². The van der Waals surface area contributed by atoms with Crippen molar-refractivity contribution in [1.82, 2.24) is 15.6 Å². The number of nitrogens with zero attached hydrogens (tertiary/aromatic N) is 2. The highest BCUT2D eigenvalue weighted by molar-refractivity contribution is 5.76. The van der Waals surface area contributed by atoms with E-state index in [-0.39, 0.29) is 24.5 Å². The first-order valence-electron chi connectivity index (χ1n) is 11.5. The van der Waals surface area contributed by atoms with Gasteiger partial charge in [0.1, 0.15) is 5.82 Å². The van der Waals surface area contributed by atoms with Gasteiger partial charge in [0.05, 0.1) is 18.6 Å². The van der Waals surface area contributed by atoms with Crippen LogP contribution in [0.1, 0.15) is 63.1 Å². The van der Waals surface area contributed by atoms with E-state index in [9.17, 15) is 9.59 Å². The number of hydrogen-bond donors (Lipinski definition) is 2. The van der Waals surface area contributed by atoms with Gasteiger partial charge >= 0.3 is 12.0 Å². The van der Waals surface area contributed by atoms with Gasteiger partial charge in [0.2, 0.25) is 0 Å². The maximum atomic E-state index is 12.6.